The van der Waals surface area contributed by atoms with E-state index in [1.807, 2.05) is 24.3 Å². The van der Waals surface area contributed by atoms with E-state index in [0.29, 0.717) is 17.6 Å². The lowest BCUT2D eigenvalue weighted by Crippen LogP contribution is -2.47. The van der Waals surface area contributed by atoms with Gasteiger partial charge < -0.3 is 9.88 Å². The molecule has 0 unspecified atom stereocenters. The Balaban J connectivity index is 1.44. The van der Waals surface area contributed by atoms with Crippen molar-refractivity contribution in [1.29, 1.82) is 0 Å². The SMILES string of the molecule is CS(=O)(=O)CCN1CCN(c2ccc(-n3ncc4c(=O)[nH]cnc43)cc2)CC1. The minimum absolute atomic E-state index is 0.205. The second-order valence-corrected chi connectivity index (χ2v) is 9.26. The third-order valence-electron chi connectivity index (χ3n) is 4.98. The first-order chi connectivity index (χ1) is 13.4. The lowest BCUT2D eigenvalue weighted by Gasteiger charge is -2.36. The predicted octanol–water partition coefficient (Wildman–Crippen LogP) is 0.275. The molecule has 0 aliphatic carbocycles. The summed E-state index contributed by atoms with van der Waals surface area (Å²) in [7, 11) is -2.92. The van der Waals surface area contributed by atoms with Crippen molar-refractivity contribution in [2.45, 2.75) is 0 Å². The van der Waals surface area contributed by atoms with Gasteiger partial charge in [0.1, 0.15) is 15.2 Å². The summed E-state index contributed by atoms with van der Waals surface area (Å²) in [4.78, 5) is 23.1. The van der Waals surface area contributed by atoms with E-state index in [1.165, 1.54) is 18.8 Å². The summed E-state index contributed by atoms with van der Waals surface area (Å²) in [5.74, 6) is 0.205. The van der Waals surface area contributed by atoms with Crippen LogP contribution in [0.4, 0.5) is 5.69 Å². The van der Waals surface area contributed by atoms with Crippen LogP contribution in [0.3, 0.4) is 0 Å². The summed E-state index contributed by atoms with van der Waals surface area (Å²) < 4.78 is 24.3. The van der Waals surface area contributed by atoms with Crippen LogP contribution in [-0.2, 0) is 9.84 Å². The van der Waals surface area contributed by atoms with E-state index in [-0.39, 0.29) is 11.3 Å². The van der Waals surface area contributed by atoms with Crippen molar-refractivity contribution in [2.75, 3.05) is 49.6 Å². The Kier molecular flexibility index (Phi) is 4.90. The highest BCUT2D eigenvalue weighted by Crippen LogP contribution is 2.20. The molecule has 0 atom stereocenters. The number of sulfone groups is 1. The molecule has 9 nitrogen and oxygen atoms in total. The average Bonchev–Trinajstić information content (AvgIpc) is 3.12. The van der Waals surface area contributed by atoms with Crippen LogP contribution >= 0.6 is 0 Å². The summed E-state index contributed by atoms with van der Waals surface area (Å²) in [6, 6.07) is 7.98. The van der Waals surface area contributed by atoms with Crippen molar-refractivity contribution in [3.63, 3.8) is 0 Å². The van der Waals surface area contributed by atoms with Crippen molar-refractivity contribution in [1.82, 2.24) is 24.6 Å². The first-order valence-electron chi connectivity index (χ1n) is 9.08. The summed E-state index contributed by atoms with van der Waals surface area (Å²) in [6.07, 6.45) is 4.17. The first kappa shape index (κ1) is 18.6. The van der Waals surface area contributed by atoms with E-state index < -0.39 is 9.84 Å². The molecule has 3 aromatic rings. The van der Waals surface area contributed by atoms with Crippen molar-refractivity contribution in [3.05, 3.63) is 47.1 Å². The molecule has 1 saturated heterocycles. The van der Waals surface area contributed by atoms with Crippen molar-refractivity contribution >= 4 is 26.6 Å². The summed E-state index contributed by atoms with van der Waals surface area (Å²) >= 11 is 0. The molecule has 0 spiro atoms. The molecule has 3 heterocycles. The molecular formula is C18H22N6O3S. The Morgan fingerprint density at radius 2 is 1.75 bits per heavy atom. The third-order valence-corrected chi connectivity index (χ3v) is 5.91. The molecule has 4 rings (SSSR count). The highest BCUT2D eigenvalue weighted by molar-refractivity contribution is 7.90. The Hall–Kier alpha value is -2.72. The zero-order chi connectivity index (χ0) is 19.7. The van der Waals surface area contributed by atoms with Crippen LogP contribution in [-0.4, -0.2) is 77.8 Å². The van der Waals surface area contributed by atoms with Crippen LogP contribution < -0.4 is 10.5 Å². The monoisotopic (exact) mass is 402 g/mol. The fourth-order valence-corrected chi connectivity index (χ4v) is 3.96. The number of aromatic nitrogens is 4. The van der Waals surface area contributed by atoms with Gasteiger partial charge in [-0.15, -0.1) is 0 Å². The number of piperazine rings is 1. The van der Waals surface area contributed by atoms with Gasteiger partial charge in [-0.1, -0.05) is 0 Å². The number of nitrogens with zero attached hydrogens (tertiary/aromatic N) is 5. The highest BCUT2D eigenvalue weighted by Gasteiger charge is 2.18. The standard InChI is InChI=1S/C18H22N6O3S/c1-28(26,27)11-10-22-6-8-23(9-7-22)14-2-4-15(5-3-14)24-17-16(12-21-24)18(25)20-13-19-17/h2-5,12-13H,6-11H2,1H3,(H,19,20,25). The molecule has 148 valence electrons. The topological polar surface area (TPSA) is 104 Å². The number of hydrogen-bond acceptors (Lipinski definition) is 7. The Morgan fingerprint density at radius 1 is 1.07 bits per heavy atom. The largest absolute Gasteiger partial charge is 0.369 e. The molecule has 28 heavy (non-hydrogen) atoms. The summed E-state index contributed by atoms with van der Waals surface area (Å²) in [6.45, 7) is 3.97. The molecule has 0 radical (unpaired) electrons. The molecule has 1 N–H and O–H groups in total. The second-order valence-electron chi connectivity index (χ2n) is 7.00. The smallest absolute Gasteiger partial charge is 0.261 e. The van der Waals surface area contributed by atoms with Gasteiger partial charge in [-0.2, -0.15) is 5.10 Å². The maximum absolute atomic E-state index is 11.8. The number of nitrogens with one attached hydrogen (secondary N) is 1. The maximum atomic E-state index is 11.8. The lowest BCUT2D eigenvalue weighted by atomic mass is 10.2. The Bertz CT molecular complexity index is 1130. The number of rotatable bonds is 5. The third kappa shape index (κ3) is 3.92. The van der Waals surface area contributed by atoms with Gasteiger partial charge >= 0.3 is 0 Å². The molecule has 1 aromatic carbocycles. The van der Waals surface area contributed by atoms with E-state index in [9.17, 15) is 13.2 Å². The minimum Gasteiger partial charge on any atom is -0.369 e. The molecule has 10 heteroatoms. The van der Waals surface area contributed by atoms with Crippen molar-refractivity contribution < 1.29 is 8.42 Å². The van der Waals surface area contributed by atoms with Gasteiger partial charge in [0.05, 0.1) is 24.0 Å². The van der Waals surface area contributed by atoms with Crippen LogP contribution in [0, 0.1) is 0 Å². The number of benzene rings is 1. The van der Waals surface area contributed by atoms with Crippen LogP contribution in [0.15, 0.2) is 41.6 Å². The predicted molar refractivity (Wildman–Crippen MR) is 108 cm³/mol. The van der Waals surface area contributed by atoms with E-state index in [1.54, 1.807) is 4.68 Å². The van der Waals surface area contributed by atoms with Gasteiger partial charge in [-0.25, -0.2) is 18.1 Å². The number of aromatic amines is 1. The highest BCUT2D eigenvalue weighted by atomic mass is 32.2. The number of fused-ring (bicyclic) bond motifs is 1. The van der Waals surface area contributed by atoms with Crippen LogP contribution in [0.1, 0.15) is 0 Å². The maximum Gasteiger partial charge on any atom is 0.261 e. The molecular weight excluding hydrogens is 380 g/mol. The van der Waals surface area contributed by atoms with Gasteiger partial charge in [-0.3, -0.25) is 9.69 Å². The van der Waals surface area contributed by atoms with E-state index in [2.05, 4.69) is 24.9 Å². The molecule has 1 aliphatic heterocycles. The molecule has 1 aliphatic rings. The number of anilines is 1. The van der Waals surface area contributed by atoms with E-state index >= 15 is 0 Å². The molecule has 0 bridgehead atoms. The van der Waals surface area contributed by atoms with Gasteiger partial charge in [0, 0.05) is 44.7 Å². The zero-order valence-electron chi connectivity index (χ0n) is 15.6. The first-order valence-corrected chi connectivity index (χ1v) is 11.1. The van der Waals surface area contributed by atoms with E-state index in [0.717, 1.165) is 37.6 Å². The van der Waals surface area contributed by atoms with Crippen LogP contribution in [0.5, 0.6) is 0 Å². The molecule has 0 amide bonds. The fourth-order valence-electron chi connectivity index (χ4n) is 3.37. The number of hydrogen-bond donors (Lipinski definition) is 1. The van der Waals surface area contributed by atoms with E-state index in [4.69, 9.17) is 0 Å². The van der Waals surface area contributed by atoms with Crippen LogP contribution in [0.25, 0.3) is 16.7 Å². The molecule has 1 fully saturated rings. The lowest BCUT2D eigenvalue weighted by molar-refractivity contribution is 0.272. The molecule has 0 saturated carbocycles. The minimum atomic E-state index is -2.92. The Labute approximate surface area is 162 Å². The second kappa shape index (κ2) is 7.36. The normalized spacial score (nSPS) is 16.0. The Morgan fingerprint density at radius 3 is 2.43 bits per heavy atom. The van der Waals surface area contributed by atoms with Crippen LogP contribution in [0.2, 0.25) is 0 Å². The zero-order valence-corrected chi connectivity index (χ0v) is 16.4. The van der Waals surface area contributed by atoms with Gasteiger partial charge in [0.15, 0.2) is 5.65 Å². The van der Waals surface area contributed by atoms with Gasteiger partial charge in [0.2, 0.25) is 0 Å². The average molecular weight is 402 g/mol. The quantitative estimate of drug-likeness (QED) is 0.653. The van der Waals surface area contributed by atoms with Crippen molar-refractivity contribution in [2.24, 2.45) is 0 Å². The number of H-pyrrole nitrogens is 1. The molecule has 2 aromatic heterocycles. The summed E-state index contributed by atoms with van der Waals surface area (Å²) in [5.41, 5.74) is 2.26. The van der Waals surface area contributed by atoms with Gasteiger partial charge in [-0.05, 0) is 24.3 Å². The van der Waals surface area contributed by atoms with Gasteiger partial charge in [0.25, 0.3) is 5.56 Å². The summed E-state index contributed by atoms with van der Waals surface area (Å²) in [5, 5.41) is 4.74. The fraction of sp³-hybridized carbons (Fsp3) is 0.389. The van der Waals surface area contributed by atoms with Crippen molar-refractivity contribution in [3.8, 4) is 5.69 Å².